The summed E-state index contributed by atoms with van der Waals surface area (Å²) >= 11 is 0. The van der Waals surface area contributed by atoms with Crippen LogP contribution in [0, 0.1) is 5.82 Å². The van der Waals surface area contributed by atoms with Crippen molar-refractivity contribution in [2.45, 2.75) is 38.1 Å². The second-order valence-corrected chi connectivity index (χ2v) is 4.18. The highest BCUT2D eigenvalue weighted by molar-refractivity contribution is 5.32. The van der Waals surface area contributed by atoms with Gasteiger partial charge < -0.3 is 5.73 Å². The molecule has 0 aliphatic heterocycles. The second kappa shape index (κ2) is 3.35. The predicted molar refractivity (Wildman–Crippen MR) is 55.5 cm³/mol. The van der Waals surface area contributed by atoms with Crippen LogP contribution in [0.1, 0.15) is 37.3 Å². The Morgan fingerprint density at radius 3 is 2.64 bits per heavy atom. The number of hydrogen-bond donors (Lipinski definition) is 1. The fraction of sp³-hybridized carbons (Fsp3) is 0.500. The average Bonchev–Trinajstić information content (AvgIpc) is 2.15. The first-order valence-electron chi connectivity index (χ1n) is 5.23. The SMILES string of the molecule is CCc1ccc(F)c(C2(N)CCC2)c1. The van der Waals surface area contributed by atoms with Crippen molar-refractivity contribution in [1.29, 1.82) is 0 Å². The van der Waals surface area contributed by atoms with E-state index in [0.717, 1.165) is 31.2 Å². The monoisotopic (exact) mass is 193 g/mol. The van der Waals surface area contributed by atoms with Crippen LogP contribution in [-0.2, 0) is 12.0 Å². The number of nitrogens with two attached hydrogens (primary N) is 1. The van der Waals surface area contributed by atoms with Crippen molar-refractivity contribution in [2.24, 2.45) is 5.73 Å². The lowest BCUT2D eigenvalue weighted by Gasteiger charge is -2.39. The second-order valence-electron chi connectivity index (χ2n) is 4.18. The zero-order valence-corrected chi connectivity index (χ0v) is 8.52. The minimum absolute atomic E-state index is 0.149. The molecule has 1 fully saturated rings. The molecule has 1 aliphatic rings. The number of halogens is 1. The van der Waals surface area contributed by atoms with E-state index in [2.05, 4.69) is 6.92 Å². The Kier molecular flexibility index (Phi) is 2.31. The first-order valence-corrected chi connectivity index (χ1v) is 5.23. The fourth-order valence-corrected chi connectivity index (χ4v) is 2.00. The van der Waals surface area contributed by atoms with Crippen LogP contribution in [0.4, 0.5) is 4.39 Å². The van der Waals surface area contributed by atoms with Gasteiger partial charge in [-0.05, 0) is 37.3 Å². The van der Waals surface area contributed by atoms with Gasteiger partial charge in [0, 0.05) is 11.1 Å². The summed E-state index contributed by atoms with van der Waals surface area (Å²) in [7, 11) is 0. The van der Waals surface area contributed by atoms with Crippen LogP contribution < -0.4 is 5.73 Å². The number of hydrogen-bond acceptors (Lipinski definition) is 1. The molecule has 0 unspecified atom stereocenters. The van der Waals surface area contributed by atoms with Crippen LogP contribution in [0.5, 0.6) is 0 Å². The van der Waals surface area contributed by atoms with Gasteiger partial charge in [0.1, 0.15) is 5.82 Å². The third kappa shape index (κ3) is 1.44. The van der Waals surface area contributed by atoms with Crippen molar-refractivity contribution < 1.29 is 4.39 Å². The Morgan fingerprint density at radius 1 is 1.43 bits per heavy atom. The molecule has 0 spiro atoms. The number of benzene rings is 1. The molecule has 1 saturated carbocycles. The minimum atomic E-state index is -0.380. The standard InChI is InChI=1S/C12H16FN/c1-2-9-4-5-11(13)10(8-9)12(14)6-3-7-12/h4-5,8H,2-3,6-7,14H2,1H3. The quantitative estimate of drug-likeness (QED) is 0.767. The molecule has 1 nitrogen and oxygen atoms in total. The smallest absolute Gasteiger partial charge is 0.128 e. The highest BCUT2D eigenvalue weighted by Gasteiger charge is 2.36. The Morgan fingerprint density at radius 2 is 2.14 bits per heavy atom. The van der Waals surface area contributed by atoms with Crippen molar-refractivity contribution in [3.63, 3.8) is 0 Å². The summed E-state index contributed by atoms with van der Waals surface area (Å²) in [5.74, 6) is -0.149. The Balaban J connectivity index is 2.40. The molecule has 2 rings (SSSR count). The van der Waals surface area contributed by atoms with Crippen LogP contribution >= 0.6 is 0 Å². The Labute approximate surface area is 84.1 Å². The summed E-state index contributed by atoms with van der Waals surface area (Å²) in [4.78, 5) is 0. The first kappa shape index (κ1) is 9.66. The first-order chi connectivity index (χ1) is 6.65. The molecule has 0 bridgehead atoms. The van der Waals surface area contributed by atoms with Gasteiger partial charge in [-0.15, -0.1) is 0 Å². The molecule has 0 aromatic heterocycles. The van der Waals surface area contributed by atoms with Gasteiger partial charge in [-0.1, -0.05) is 19.1 Å². The molecule has 2 heteroatoms. The van der Waals surface area contributed by atoms with E-state index in [0.29, 0.717) is 5.56 Å². The maximum atomic E-state index is 13.5. The summed E-state index contributed by atoms with van der Waals surface area (Å²) in [6.45, 7) is 2.07. The molecule has 1 aromatic rings. The topological polar surface area (TPSA) is 26.0 Å². The highest BCUT2D eigenvalue weighted by Crippen LogP contribution is 2.40. The molecule has 14 heavy (non-hydrogen) atoms. The van der Waals surface area contributed by atoms with Gasteiger partial charge in [0.15, 0.2) is 0 Å². The largest absolute Gasteiger partial charge is 0.321 e. The summed E-state index contributed by atoms with van der Waals surface area (Å²) in [5.41, 5.74) is 7.60. The normalized spacial score (nSPS) is 19.1. The molecule has 2 N–H and O–H groups in total. The molecule has 76 valence electrons. The van der Waals surface area contributed by atoms with Crippen molar-refractivity contribution in [2.75, 3.05) is 0 Å². The molecular formula is C12H16FN. The number of rotatable bonds is 2. The van der Waals surface area contributed by atoms with Gasteiger partial charge in [-0.25, -0.2) is 4.39 Å². The van der Waals surface area contributed by atoms with Crippen molar-refractivity contribution in [1.82, 2.24) is 0 Å². The summed E-state index contributed by atoms with van der Waals surface area (Å²) in [5, 5.41) is 0. The lowest BCUT2D eigenvalue weighted by Crippen LogP contribution is -2.44. The van der Waals surface area contributed by atoms with E-state index in [4.69, 9.17) is 5.73 Å². The van der Waals surface area contributed by atoms with Gasteiger partial charge in [0.2, 0.25) is 0 Å². The van der Waals surface area contributed by atoms with Crippen LogP contribution in [0.2, 0.25) is 0 Å². The third-order valence-corrected chi connectivity index (χ3v) is 3.22. The van der Waals surface area contributed by atoms with Crippen molar-refractivity contribution >= 4 is 0 Å². The third-order valence-electron chi connectivity index (χ3n) is 3.22. The van der Waals surface area contributed by atoms with E-state index in [1.807, 2.05) is 12.1 Å². The van der Waals surface area contributed by atoms with Gasteiger partial charge in [-0.3, -0.25) is 0 Å². The van der Waals surface area contributed by atoms with E-state index in [1.165, 1.54) is 0 Å². The van der Waals surface area contributed by atoms with Gasteiger partial charge >= 0.3 is 0 Å². The van der Waals surface area contributed by atoms with Crippen molar-refractivity contribution in [3.8, 4) is 0 Å². The fourth-order valence-electron chi connectivity index (χ4n) is 2.00. The van der Waals surface area contributed by atoms with E-state index in [1.54, 1.807) is 6.07 Å². The van der Waals surface area contributed by atoms with E-state index in [9.17, 15) is 4.39 Å². The predicted octanol–water partition coefficient (Wildman–Crippen LogP) is 2.73. The van der Waals surface area contributed by atoms with Crippen molar-refractivity contribution in [3.05, 3.63) is 35.1 Å². The summed E-state index contributed by atoms with van der Waals surface area (Å²) in [6, 6.07) is 5.30. The Bertz CT molecular complexity index is 342. The van der Waals surface area contributed by atoms with Crippen LogP contribution in [-0.4, -0.2) is 0 Å². The maximum Gasteiger partial charge on any atom is 0.128 e. The van der Waals surface area contributed by atoms with Gasteiger partial charge in [0.25, 0.3) is 0 Å². The van der Waals surface area contributed by atoms with Crippen LogP contribution in [0.25, 0.3) is 0 Å². The van der Waals surface area contributed by atoms with E-state index >= 15 is 0 Å². The number of aryl methyl sites for hydroxylation is 1. The van der Waals surface area contributed by atoms with Gasteiger partial charge in [0.05, 0.1) is 0 Å². The minimum Gasteiger partial charge on any atom is -0.321 e. The average molecular weight is 193 g/mol. The Hall–Kier alpha value is -0.890. The van der Waals surface area contributed by atoms with Crippen LogP contribution in [0.3, 0.4) is 0 Å². The molecular weight excluding hydrogens is 177 g/mol. The molecule has 1 aromatic carbocycles. The molecule has 0 atom stereocenters. The molecule has 0 radical (unpaired) electrons. The molecule has 1 aliphatic carbocycles. The summed E-state index contributed by atoms with van der Waals surface area (Å²) < 4.78 is 13.5. The van der Waals surface area contributed by atoms with E-state index < -0.39 is 0 Å². The lowest BCUT2D eigenvalue weighted by atomic mass is 9.72. The lowest BCUT2D eigenvalue weighted by molar-refractivity contribution is 0.245. The highest BCUT2D eigenvalue weighted by atomic mass is 19.1. The van der Waals surface area contributed by atoms with Crippen LogP contribution in [0.15, 0.2) is 18.2 Å². The van der Waals surface area contributed by atoms with E-state index in [-0.39, 0.29) is 11.4 Å². The maximum absolute atomic E-state index is 13.5. The zero-order chi connectivity index (χ0) is 10.2. The molecule has 0 amide bonds. The molecule has 0 heterocycles. The van der Waals surface area contributed by atoms with Gasteiger partial charge in [-0.2, -0.15) is 0 Å². The zero-order valence-electron chi connectivity index (χ0n) is 8.52. The molecule has 0 saturated heterocycles. The summed E-state index contributed by atoms with van der Waals surface area (Å²) in [6.07, 6.45) is 3.88.